The monoisotopic (exact) mass is 438 g/mol. The predicted octanol–water partition coefficient (Wildman–Crippen LogP) is 3.77. The third-order valence-corrected chi connectivity index (χ3v) is 5.38. The molecular weight excluding hydrogens is 423 g/mol. The molecular formula is C18H16Cl2N4O5. The first-order chi connectivity index (χ1) is 13.8. The van der Waals surface area contributed by atoms with Crippen molar-refractivity contribution >= 4 is 40.5 Å². The standard InChI is InChI=1S/C18H16Cl2N4O5/c19-16-2-1-3-17(20)15(16)11-21-4-6-22(7-5-21)18(25)12-8-13(23(26)27)10-14(9-12)24(28)29/h1-3,8-10H,4-7,11H2. The van der Waals surface area contributed by atoms with Crippen LogP contribution in [0.25, 0.3) is 0 Å². The Morgan fingerprint density at radius 3 is 1.93 bits per heavy atom. The highest BCUT2D eigenvalue weighted by Gasteiger charge is 2.26. The van der Waals surface area contributed by atoms with E-state index in [1.165, 1.54) is 4.90 Å². The Balaban J connectivity index is 1.70. The van der Waals surface area contributed by atoms with E-state index in [9.17, 15) is 25.0 Å². The maximum Gasteiger partial charge on any atom is 0.277 e. The van der Waals surface area contributed by atoms with Crippen LogP contribution in [0.15, 0.2) is 36.4 Å². The number of rotatable bonds is 5. The van der Waals surface area contributed by atoms with Crippen molar-refractivity contribution in [3.8, 4) is 0 Å². The molecule has 1 heterocycles. The van der Waals surface area contributed by atoms with Crippen LogP contribution in [0.1, 0.15) is 15.9 Å². The second kappa shape index (κ2) is 8.73. The number of carbonyl (C=O) groups excluding carboxylic acids is 1. The summed E-state index contributed by atoms with van der Waals surface area (Å²) >= 11 is 12.4. The highest BCUT2D eigenvalue weighted by Crippen LogP contribution is 2.27. The molecule has 0 spiro atoms. The summed E-state index contributed by atoms with van der Waals surface area (Å²) in [5, 5.41) is 23.2. The van der Waals surface area contributed by atoms with E-state index in [1.54, 1.807) is 18.2 Å². The molecule has 152 valence electrons. The molecule has 1 saturated heterocycles. The van der Waals surface area contributed by atoms with Crippen molar-refractivity contribution in [3.05, 3.63) is 77.8 Å². The number of benzene rings is 2. The number of non-ortho nitro benzene ring substituents is 2. The van der Waals surface area contributed by atoms with Gasteiger partial charge in [-0.1, -0.05) is 29.3 Å². The molecule has 29 heavy (non-hydrogen) atoms. The normalized spacial score (nSPS) is 14.6. The number of carbonyl (C=O) groups is 1. The topological polar surface area (TPSA) is 110 Å². The number of amides is 1. The fraction of sp³-hybridized carbons (Fsp3) is 0.278. The molecule has 1 fully saturated rings. The van der Waals surface area contributed by atoms with E-state index in [2.05, 4.69) is 4.90 Å². The Hall–Kier alpha value is -2.75. The van der Waals surface area contributed by atoms with Gasteiger partial charge in [0.05, 0.1) is 21.5 Å². The minimum absolute atomic E-state index is 0.0755. The number of hydrogen-bond donors (Lipinski definition) is 0. The lowest BCUT2D eigenvalue weighted by atomic mass is 10.1. The van der Waals surface area contributed by atoms with Crippen molar-refractivity contribution in [2.75, 3.05) is 26.2 Å². The maximum atomic E-state index is 12.7. The Morgan fingerprint density at radius 2 is 1.45 bits per heavy atom. The van der Waals surface area contributed by atoms with Gasteiger partial charge >= 0.3 is 0 Å². The smallest absolute Gasteiger partial charge is 0.277 e. The van der Waals surface area contributed by atoms with Gasteiger partial charge in [0.2, 0.25) is 0 Å². The van der Waals surface area contributed by atoms with Gasteiger partial charge in [0.25, 0.3) is 17.3 Å². The summed E-state index contributed by atoms with van der Waals surface area (Å²) in [4.78, 5) is 36.9. The number of hydrogen-bond acceptors (Lipinski definition) is 6. The molecule has 2 aromatic rings. The third-order valence-electron chi connectivity index (χ3n) is 4.67. The summed E-state index contributed by atoms with van der Waals surface area (Å²) in [6, 6.07) is 8.25. The molecule has 11 heteroatoms. The lowest BCUT2D eigenvalue weighted by molar-refractivity contribution is -0.394. The van der Waals surface area contributed by atoms with Crippen molar-refractivity contribution < 1.29 is 14.6 Å². The molecule has 1 aliphatic heterocycles. The van der Waals surface area contributed by atoms with E-state index in [0.29, 0.717) is 42.8 Å². The van der Waals surface area contributed by atoms with Crippen molar-refractivity contribution in [1.82, 2.24) is 9.80 Å². The molecule has 0 aromatic heterocycles. The Kier molecular flexibility index (Phi) is 6.31. The molecule has 0 N–H and O–H groups in total. The number of halogens is 2. The molecule has 2 aromatic carbocycles. The second-order valence-electron chi connectivity index (χ2n) is 6.52. The Labute approximate surface area is 175 Å². The van der Waals surface area contributed by atoms with Gasteiger partial charge in [-0.25, -0.2) is 0 Å². The van der Waals surface area contributed by atoms with E-state index >= 15 is 0 Å². The van der Waals surface area contributed by atoms with Gasteiger partial charge in [0.15, 0.2) is 0 Å². The average Bonchev–Trinajstić information content (AvgIpc) is 2.70. The summed E-state index contributed by atoms with van der Waals surface area (Å²) < 4.78 is 0. The Bertz CT molecular complexity index is 924. The Morgan fingerprint density at radius 1 is 0.931 bits per heavy atom. The number of nitro groups is 2. The lowest BCUT2D eigenvalue weighted by Crippen LogP contribution is -2.48. The largest absolute Gasteiger partial charge is 0.336 e. The minimum atomic E-state index is -0.755. The first kappa shape index (κ1) is 21.0. The fourth-order valence-electron chi connectivity index (χ4n) is 3.13. The zero-order chi connectivity index (χ0) is 21.1. The highest BCUT2D eigenvalue weighted by molar-refractivity contribution is 6.35. The van der Waals surface area contributed by atoms with Crippen molar-refractivity contribution in [1.29, 1.82) is 0 Å². The van der Waals surface area contributed by atoms with E-state index in [-0.39, 0.29) is 5.56 Å². The number of nitrogens with zero attached hydrogens (tertiary/aromatic N) is 4. The molecule has 1 amide bonds. The average molecular weight is 439 g/mol. The maximum absolute atomic E-state index is 12.7. The van der Waals surface area contributed by atoms with Gasteiger partial charge in [0.1, 0.15) is 0 Å². The van der Waals surface area contributed by atoms with E-state index in [4.69, 9.17) is 23.2 Å². The number of piperazine rings is 1. The van der Waals surface area contributed by atoms with Crippen LogP contribution in [0.4, 0.5) is 11.4 Å². The second-order valence-corrected chi connectivity index (χ2v) is 7.34. The minimum Gasteiger partial charge on any atom is -0.336 e. The van der Waals surface area contributed by atoms with E-state index in [0.717, 1.165) is 23.8 Å². The molecule has 9 nitrogen and oxygen atoms in total. The van der Waals surface area contributed by atoms with Crippen molar-refractivity contribution in [2.45, 2.75) is 6.54 Å². The van der Waals surface area contributed by atoms with Crippen LogP contribution in [0.3, 0.4) is 0 Å². The molecule has 0 unspecified atom stereocenters. The summed E-state index contributed by atoms with van der Waals surface area (Å²) in [7, 11) is 0. The van der Waals surface area contributed by atoms with Gasteiger partial charge in [-0.15, -0.1) is 0 Å². The van der Waals surface area contributed by atoms with E-state index in [1.807, 2.05) is 0 Å². The SMILES string of the molecule is O=C(c1cc([N+](=O)[O-])cc([N+](=O)[O-])c1)N1CCN(Cc2c(Cl)cccc2Cl)CC1. The summed E-state index contributed by atoms with van der Waals surface area (Å²) in [6.45, 7) is 2.37. The summed E-state index contributed by atoms with van der Waals surface area (Å²) in [6.07, 6.45) is 0. The molecule has 0 atom stereocenters. The van der Waals surface area contributed by atoms with E-state index < -0.39 is 27.1 Å². The van der Waals surface area contributed by atoms with Gasteiger partial charge in [-0.3, -0.25) is 29.9 Å². The third kappa shape index (κ3) is 4.81. The van der Waals surface area contributed by atoms with Crippen molar-refractivity contribution in [3.63, 3.8) is 0 Å². The van der Waals surface area contributed by atoms with Crippen LogP contribution >= 0.6 is 23.2 Å². The van der Waals surface area contributed by atoms with Gasteiger partial charge in [-0.2, -0.15) is 0 Å². The van der Waals surface area contributed by atoms with Crippen molar-refractivity contribution in [2.24, 2.45) is 0 Å². The van der Waals surface area contributed by atoms with Gasteiger partial charge in [-0.05, 0) is 12.1 Å². The lowest BCUT2D eigenvalue weighted by Gasteiger charge is -2.35. The van der Waals surface area contributed by atoms with Crippen LogP contribution in [0, 0.1) is 20.2 Å². The molecule has 3 rings (SSSR count). The number of nitro benzene ring substituents is 2. The van der Waals surface area contributed by atoms with Crippen LogP contribution in [0.2, 0.25) is 10.0 Å². The quantitative estimate of drug-likeness (QED) is 0.518. The van der Waals surface area contributed by atoms with Crippen LogP contribution in [0.5, 0.6) is 0 Å². The molecule has 0 aliphatic carbocycles. The van der Waals surface area contributed by atoms with Crippen LogP contribution in [-0.4, -0.2) is 51.7 Å². The summed E-state index contributed by atoms with van der Waals surface area (Å²) in [5.41, 5.74) is -0.248. The predicted molar refractivity (Wildman–Crippen MR) is 107 cm³/mol. The van der Waals surface area contributed by atoms with Gasteiger partial charge < -0.3 is 4.90 Å². The zero-order valence-corrected chi connectivity index (χ0v) is 16.6. The highest BCUT2D eigenvalue weighted by atomic mass is 35.5. The van der Waals surface area contributed by atoms with Crippen LogP contribution in [-0.2, 0) is 6.54 Å². The molecule has 0 bridgehead atoms. The molecule has 0 saturated carbocycles. The fourth-order valence-corrected chi connectivity index (χ4v) is 3.65. The molecule has 1 aliphatic rings. The zero-order valence-electron chi connectivity index (χ0n) is 15.1. The van der Waals surface area contributed by atoms with Crippen LogP contribution < -0.4 is 0 Å². The summed E-state index contributed by atoms with van der Waals surface area (Å²) in [5.74, 6) is -0.479. The first-order valence-corrected chi connectivity index (χ1v) is 9.40. The van der Waals surface area contributed by atoms with Gasteiger partial charge in [0, 0.05) is 60.5 Å². The first-order valence-electron chi connectivity index (χ1n) is 8.64. The molecule has 0 radical (unpaired) electrons.